The second-order valence-electron chi connectivity index (χ2n) is 8.03. The minimum Gasteiger partial charge on any atom is -0.508 e. The Morgan fingerprint density at radius 2 is 1.88 bits per heavy atom. The zero-order chi connectivity index (χ0) is 23.5. The maximum Gasteiger partial charge on any atom is 0.258 e. The van der Waals surface area contributed by atoms with Crippen molar-refractivity contribution in [1.82, 2.24) is 9.88 Å². The van der Waals surface area contributed by atoms with Gasteiger partial charge in [0.25, 0.3) is 5.91 Å². The Hall–Kier alpha value is -4.13. The molecule has 2 N–H and O–H groups in total. The number of fused-ring (bicyclic) bond motifs is 1. The van der Waals surface area contributed by atoms with Crippen LogP contribution < -0.4 is 4.90 Å². The summed E-state index contributed by atoms with van der Waals surface area (Å²) < 4.78 is 0. The van der Waals surface area contributed by atoms with E-state index in [1.165, 1.54) is 18.2 Å². The number of aromatic nitrogens is 1. The largest absolute Gasteiger partial charge is 0.508 e. The Morgan fingerprint density at radius 1 is 1.12 bits per heavy atom. The van der Waals surface area contributed by atoms with E-state index in [1.807, 2.05) is 30.3 Å². The van der Waals surface area contributed by atoms with Crippen LogP contribution in [0.2, 0.25) is 0 Å². The van der Waals surface area contributed by atoms with E-state index < -0.39 is 0 Å². The summed E-state index contributed by atoms with van der Waals surface area (Å²) in [4.78, 5) is 33.2. The SMILES string of the molecule is C=CC(=O)N(CCc1ccncc1)c1cccc2c1CN(C(=O)c1cc(C)c(O)cc1O)C2. The summed E-state index contributed by atoms with van der Waals surface area (Å²) in [6.07, 6.45) is 5.38. The van der Waals surface area contributed by atoms with Gasteiger partial charge in [0.15, 0.2) is 0 Å². The van der Waals surface area contributed by atoms with E-state index >= 15 is 0 Å². The van der Waals surface area contributed by atoms with E-state index in [0.29, 0.717) is 31.6 Å². The summed E-state index contributed by atoms with van der Waals surface area (Å²) in [7, 11) is 0. The zero-order valence-electron chi connectivity index (χ0n) is 18.4. The molecule has 1 aromatic heterocycles. The Bertz CT molecular complexity index is 1220. The smallest absolute Gasteiger partial charge is 0.258 e. The molecule has 2 amide bonds. The van der Waals surface area contributed by atoms with Crippen LogP contribution >= 0.6 is 0 Å². The van der Waals surface area contributed by atoms with Gasteiger partial charge < -0.3 is 20.0 Å². The Morgan fingerprint density at radius 3 is 2.61 bits per heavy atom. The number of nitrogens with zero attached hydrogens (tertiary/aromatic N) is 3. The lowest BCUT2D eigenvalue weighted by atomic mass is 10.1. The van der Waals surface area contributed by atoms with Crippen molar-refractivity contribution in [3.63, 3.8) is 0 Å². The van der Waals surface area contributed by atoms with Crippen LogP contribution in [0, 0.1) is 6.92 Å². The summed E-state index contributed by atoms with van der Waals surface area (Å²) in [5.41, 5.74) is 4.29. The third-order valence-electron chi connectivity index (χ3n) is 5.90. The van der Waals surface area contributed by atoms with Crippen LogP contribution in [0.1, 0.15) is 32.6 Å². The lowest BCUT2D eigenvalue weighted by Crippen LogP contribution is -2.32. The number of rotatable bonds is 6. The molecule has 0 unspecified atom stereocenters. The molecule has 0 fully saturated rings. The molecule has 2 heterocycles. The van der Waals surface area contributed by atoms with Gasteiger partial charge in [-0.15, -0.1) is 0 Å². The van der Waals surface area contributed by atoms with Crippen molar-refractivity contribution >= 4 is 17.5 Å². The van der Waals surface area contributed by atoms with Gasteiger partial charge in [-0.05, 0) is 60.4 Å². The Balaban J connectivity index is 1.61. The number of phenolic OH excluding ortho intramolecular Hbond substituents is 2. The van der Waals surface area contributed by atoms with E-state index in [0.717, 1.165) is 22.4 Å². The highest BCUT2D eigenvalue weighted by Gasteiger charge is 2.30. The Labute approximate surface area is 192 Å². The highest BCUT2D eigenvalue weighted by Crippen LogP contribution is 2.35. The fourth-order valence-electron chi connectivity index (χ4n) is 4.08. The molecule has 0 saturated carbocycles. The number of aryl methyl sites for hydroxylation is 1. The summed E-state index contributed by atoms with van der Waals surface area (Å²) in [6, 6.07) is 12.2. The van der Waals surface area contributed by atoms with Gasteiger partial charge in [-0.3, -0.25) is 14.6 Å². The molecule has 7 heteroatoms. The highest BCUT2D eigenvalue weighted by atomic mass is 16.3. The third kappa shape index (κ3) is 4.43. The molecule has 0 bridgehead atoms. The van der Waals surface area contributed by atoms with Crippen LogP contribution in [0.4, 0.5) is 5.69 Å². The van der Waals surface area contributed by atoms with E-state index in [9.17, 15) is 19.8 Å². The molecule has 33 heavy (non-hydrogen) atoms. The maximum absolute atomic E-state index is 13.2. The van der Waals surface area contributed by atoms with Crippen LogP contribution in [-0.4, -0.2) is 38.5 Å². The molecule has 3 aromatic rings. The van der Waals surface area contributed by atoms with Crippen molar-refractivity contribution < 1.29 is 19.8 Å². The van der Waals surface area contributed by atoms with E-state index in [2.05, 4.69) is 11.6 Å². The number of benzene rings is 2. The average Bonchev–Trinajstić information content (AvgIpc) is 3.26. The molecule has 2 aromatic carbocycles. The predicted molar refractivity (Wildman–Crippen MR) is 125 cm³/mol. The number of aromatic hydroxyl groups is 2. The first-order valence-corrected chi connectivity index (χ1v) is 10.6. The van der Waals surface area contributed by atoms with Gasteiger partial charge in [-0.1, -0.05) is 18.7 Å². The molecule has 4 rings (SSSR count). The van der Waals surface area contributed by atoms with Crippen LogP contribution in [0.25, 0.3) is 0 Å². The molecule has 1 aliphatic rings. The third-order valence-corrected chi connectivity index (χ3v) is 5.90. The van der Waals surface area contributed by atoms with Gasteiger partial charge in [-0.25, -0.2) is 0 Å². The molecule has 7 nitrogen and oxygen atoms in total. The van der Waals surface area contributed by atoms with Gasteiger partial charge in [0.05, 0.1) is 5.56 Å². The number of carbonyl (C=O) groups excluding carboxylic acids is 2. The number of carbonyl (C=O) groups is 2. The van der Waals surface area contributed by atoms with Crippen molar-refractivity contribution in [3.05, 3.63) is 95.3 Å². The summed E-state index contributed by atoms with van der Waals surface area (Å²) >= 11 is 0. The minimum absolute atomic E-state index is 0.0659. The van der Waals surface area contributed by atoms with Crippen molar-refractivity contribution in [3.8, 4) is 11.5 Å². The predicted octanol–water partition coefficient (Wildman–Crippen LogP) is 3.72. The van der Waals surface area contributed by atoms with Gasteiger partial charge >= 0.3 is 0 Å². The van der Waals surface area contributed by atoms with Crippen LogP contribution in [0.15, 0.2) is 67.5 Å². The van der Waals surface area contributed by atoms with Crippen molar-refractivity contribution in [1.29, 1.82) is 0 Å². The minimum atomic E-state index is -0.337. The quantitative estimate of drug-likeness (QED) is 0.567. The zero-order valence-corrected chi connectivity index (χ0v) is 18.4. The fraction of sp³-hybridized carbons (Fsp3) is 0.192. The van der Waals surface area contributed by atoms with E-state index in [1.54, 1.807) is 29.1 Å². The fourth-order valence-corrected chi connectivity index (χ4v) is 4.08. The standard InChI is InChI=1S/C26H25N3O4/c1-3-25(32)29(12-9-18-7-10-27-11-8-18)22-6-4-5-19-15-28(16-21(19)22)26(33)20-13-17(2)23(30)14-24(20)31/h3-8,10-11,13-14,30-31H,1,9,12,15-16H2,2H3. The maximum atomic E-state index is 13.2. The average molecular weight is 444 g/mol. The summed E-state index contributed by atoms with van der Waals surface area (Å²) in [5.74, 6) is -0.880. The van der Waals surface area contributed by atoms with Crippen LogP contribution in [0.5, 0.6) is 11.5 Å². The molecule has 0 saturated heterocycles. The van der Waals surface area contributed by atoms with Crippen molar-refractivity contribution in [2.75, 3.05) is 11.4 Å². The van der Waals surface area contributed by atoms with E-state index in [-0.39, 0.29) is 28.9 Å². The lowest BCUT2D eigenvalue weighted by molar-refractivity contribution is -0.114. The van der Waals surface area contributed by atoms with E-state index in [4.69, 9.17) is 0 Å². The monoisotopic (exact) mass is 443 g/mol. The second-order valence-corrected chi connectivity index (χ2v) is 8.03. The number of phenols is 2. The van der Waals surface area contributed by atoms with Crippen LogP contribution in [-0.2, 0) is 24.3 Å². The van der Waals surface area contributed by atoms with Crippen molar-refractivity contribution in [2.45, 2.75) is 26.4 Å². The molecular formula is C26H25N3O4. The Kier molecular flexibility index (Phi) is 6.13. The number of pyridine rings is 1. The first kappa shape index (κ1) is 22.1. The molecule has 0 radical (unpaired) electrons. The summed E-state index contributed by atoms with van der Waals surface area (Å²) in [6.45, 7) is 6.44. The molecular weight excluding hydrogens is 418 g/mol. The van der Waals surface area contributed by atoms with Gasteiger partial charge in [0, 0.05) is 49.3 Å². The number of amides is 2. The first-order chi connectivity index (χ1) is 15.9. The second kappa shape index (κ2) is 9.16. The number of hydrogen-bond acceptors (Lipinski definition) is 5. The molecule has 0 atom stereocenters. The normalized spacial score (nSPS) is 12.3. The molecule has 0 spiro atoms. The lowest BCUT2D eigenvalue weighted by Gasteiger charge is -2.24. The number of anilines is 1. The molecule has 168 valence electrons. The molecule has 0 aliphatic carbocycles. The molecule has 1 aliphatic heterocycles. The summed E-state index contributed by atoms with van der Waals surface area (Å²) in [5, 5.41) is 20.0. The highest BCUT2D eigenvalue weighted by molar-refractivity contribution is 6.02. The topological polar surface area (TPSA) is 94.0 Å². The first-order valence-electron chi connectivity index (χ1n) is 10.6. The van der Waals surface area contributed by atoms with Gasteiger partial charge in [0.1, 0.15) is 11.5 Å². The van der Waals surface area contributed by atoms with Gasteiger partial charge in [-0.2, -0.15) is 0 Å². The van der Waals surface area contributed by atoms with Crippen LogP contribution in [0.3, 0.4) is 0 Å². The van der Waals surface area contributed by atoms with Crippen molar-refractivity contribution in [2.24, 2.45) is 0 Å². The van der Waals surface area contributed by atoms with Gasteiger partial charge in [0.2, 0.25) is 5.91 Å². The number of hydrogen-bond donors (Lipinski definition) is 2.